The minimum atomic E-state index is -4.95. The van der Waals surface area contributed by atoms with E-state index in [1.54, 1.807) is 0 Å². The van der Waals surface area contributed by atoms with Gasteiger partial charge < -0.3 is 34.2 Å². The molecule has 0 radical (unpaired) electrons. The fourth-order valence-corrected chi connectivity index (χ4v) is 15.7. The summed E-state index contributed by atoms with van der Waals surface area (Å²) in [6.07, 6.45) is 131. The van der Waals surface area contributed by atoms with Gasteiger partial charge in [-0.25, -0.2) is 9.13 Å². The van der Waals surface area contributed by atoms with Gasteiger partial charge in [0, 0.05) is 19.3 Å². The van der Waals surface area contributed by atoms with Gasteiger partial charge in [-0.3, -0.25) is 32.5 Å². The first-order chi connectivity index (χ1) is 62.2. The predicted octanol–water partition coefficient (Wildman–Crippen LogP) is 32.6. The first kappa shape index (κ1) is 122. The normalized spacial score (nSPS) is 14.4. The third-order valence-corrected chi connectivity index (χ3v) is 23.8. The Bertz CT molecular complexity index is 2990. The number of hydrogen-bond acceptors (Lipinski definition) is 14. The topological polar surface area (TPSA) is 231 Å². The van der Waals surface area contributed by atoms with E-state index in [9.17, 15) is 43.5 Å². The van der Waals surface area contributed by atoms with Crippen molar-refractivity contribution in [1.82, 2.24) is 0 Å². The molecule has 0 fully saturated rings. The number of aliphatic hydroxyl groups excluding tert-OH is 2. The number of esters is 3. The highest BCUT2D eigenvalue weighted by atomic mass is 31.2. The summed E-state index contributed by atoms with van der Waals surface area (Å²) in [4.78, 5) is 59.2. The van der Waals surface area contributed by atoms with Crippen LogP contribution in [-0.4, -0.2) is 95.9 Å². The third-order valence-electron chi connectivity index (χ3n) is 21.9. The smallest absolute Gasteiger partial charge is 0.463 e. The van der Waals surface area contributed by atoms with Crippen LogP contribution in [0.15, 0.2) is 170 Å². The van der Waals surface area contributed by atoms with E-state index in [2.05, 4.69) is 191 Å². The van der Waals surface area contributed by atoms with Crippen molar-refractivity contribution in [2.24, 2.45) is 0 Å². The first-order valence-electron chi connectivity index (χ1n) is 51.4. The van der Waals surface area contributed by atoms with Crippen LogP contribution in [0.25, 0.3) is 0 Å². The van der Waals surface area contributed by atoms with E-state index in [4.69, 9.17) is 32.3 Å². The number of ether oxygens (including phenoxy) is 3. The van der Waals surface area contributed by atoms with Crippen molar-refractivity contribution in [2.75, 3.05) is 39.6 Å². The molecule has 0 aromatic heterocycles. The molecule has 730 valence electrons. The van der Waals surface area contributed by atoms with Crippen LogP contribution in [0.3, 0.4) is 0 Å². The van der Waals surface area contributed by atoms with Crippen molar-refractivity contribution in [1.29, 1.82) is 0 Å². The summed E-state index contributed by atoms with van der Waals surface area (Å²) in [5.41, 5.74) is 0. The summed E-state index contributed by atoms with van der Waals surface area (Å²) in [7, 11) is -9.82. The average Bonchev–Trinajstić information content (AvgIpc) is 0.899. The van der Waals surface area contributed by atoms with Crippen molar-refractivity contribution in [3.05, 3.63) is 170 Å². The highest BCUT2D eigenvalue weighted by Gasteiger charge is 2.30. The van der Waals surface area contributed by atoms with E-state index in [0.29, 0.717) is 19.3 Å². The van der Waals surface area contributed by atoms with Crippen LogP contribution in [0.2, 0.25) is 0 Å². The number of unbranched alkanes of at least 4 members (excludes halogenated alkanes) is 46. The quantitative estimate of drug-likeness (QED) is 0.0146. The molecule has 4 N–H and O–H groups in total. The Balaban J connectivity index is 4.62. The molecule has 0 aromatic carbocycles. The van der Waals surface area contributed by atoms with E-state index in [1.807, 2.05) is 0 Å². The van der Waals surface area contributed by atoms with Gasteiger partial charge in [-0.2, -0.15) is 0 Å². The Morgan fingerprint density at radius 3 is 0.661 bits per heavy atom. The molecule has 0 spiro atoms. The Hall–Kier alpha value is -5.09. The van der Waals surface area contributed by atoms with Crippen LogP contribution in [0.5, 0.6) is 0 Å². The molecule has 5 unspecified atom stereocenters. The van der Waals surface area contributed by atoms with Crippen molar-refractivity contribution < 1.29 is 75.8 Å². The second kappa shape index (κ2) is 99.9. The summed E-state index contributed by atoms with van der Waals surface area (Å²) >= 11 is 0. The molecule has 0 rings (SSSR count). The number of carbonyl (C=O) groups excluding carboxylic acids is 3. The molecule has 5 atom stereocenters. The molecular formula is C109H188O16P2. The standard InChI is InChI=1S/C109H188O16P2/c1-4-7-10-13-16-19-22-25-28-31-34-37-40-43-46-49-50-51-52-55-57-59-62-65-68-71-74-77-80-83-86-89-92-95-107(112)119-98-104(110)99-121-126(115,116)122-100-105(111)101-123-127(117,118)124-103-106(125-109(114)97-94-91-88-85-82-79-76-73-70-67-64-61-58-54-48-45-42-39-36-33-30-27-24-21-18-15-12-9-6-3)102-120-108(113)96-93-90-87-84-81-78-75-72-69-66-63-60-56-53-47-44-41-38-35-32-29-26-23-20-17-14-11-8-5-2/h8,11,16-21,25-30,34-39,43-48,56,60,104-106,110-111H,4-7,9-10,12-15,22-24,31-33,40-42,49-55,57-59,61-103H2,1-3H3,(H,115,116)(H,117,118)/b11-8-,19-16-,20-17-,21-18-,28-25-,29-26-,30-27-,37-34-,38-35-,39-36-,46-43-,47-44-,48-45-,60-56-. The predicted molar refractivity (Wildman–Crippen MR) is 537 cm³/mol. The maximum Gasteiger partial charge on any atom is 0.472 e. The Labute approximate surface area is 777 Å². The molecule has 0 aliphatic carbocycles. The number of phosphoric ester groups is 2. The van der Waals surface area contributed by atoms with E-state index < -0.39 is 91.5 Å². The summed E-state index contributed by atoms with van der Waals surface area (Å²) in [6, 6.07) is 0. The largest absolute Gasteiger partial charge is 0.472 e. The van der Waals surface area contributed by atoms with Gasteiger partial charge in [-0.15, -0.1) is 0 Å². The maximum absolute atomic E-state index is 13.1. The molecule has 0 aromatic rings. The Morgan fingerprint density at radius 1 is 0.228 bits per heavy atom. The van der Waals surface area contributed by atoms with E-state index >= 15 is 0 Å². The summed E-state index contributed by atoms with van der Waals surface area (Å²) in [5.74, 6) is -1.57. The average molecular weight is 1820 g/mol. The summed E-state index contributed by atoms with van der Waals surface area (Å²) < 4.78 is 61.7. The van der Waals surface area contributed by atoms with Gasteiger partial charge in [0.15, 0.2) is 6.10 Å². The van der Waals surface area contributed by atoms with Crippen LogP contribution < -0.4 is 0 Å². The van der Waals surface area contributed by atoms with Gasteiger partial charge in [-0.05, 0) is 161 Å². The Kier molecular flexibility index (Phi) is 95.9. The highest BCUT2D eigenvalue weighted by Crippen LogP contribution is 2.45. The van der Waals surface area contributed by atoms with E-state index in [1.165, 1.54) is 225 Å². The lowest BCUT2D eigenvalue weighted by molar-refractivity contribution is -0.161. The molecule has 0 amide bonds. The van der Waals surface area contributed by atoms with Gasteiger partial charge in [0.1, 0.15) is 25.4 Å². The minimum Gasteiger partial charge on any atom is -0.463 e. The number of hydrogen-bond donors (Lipinski definition) is 4. The molecule has 0 saturated heterocycles. The highest BCUT2D eigenvalue weighted by molar-refractivity contribution is 7.47. The van der Waals surface area contributed by atoms with Crippen molar-refractivity contribution in [3.63, 3.8) is 0 Å². The van der Waals surface area contributed by atoms with Crippen molar-refractivity contribution in [3.8, 4) is 0 Å². The van der Waals surface area contributed by atoms with Crippen LogP contribution in [0.4, 0.5) is 0 Å². The fourth-order valence-electron chi connectivity index (χ4n) is 14.1. The molecule has 16 nitrogen and oxygen atoms in total. The maximum atomic E-state index is 13.1. The molecular weight excluding hydrogens is 1630 g/mol. The van der Waals surface area contributed by atoms with Crippen molar-refractivity contribution >= 4 is 33.6 Å². The molecule has 0 bridgehead atoms. The second-order valence-electron chi connectivity index (χ2n) is 34.3. The van der Waals surface area contributed by atoms with E-state index in [0.717, 1.165) is 161 Å². The number of phosphoric acid groups is 2. The molecule has 127 heavy (non-hydrogen) atoms. The SMILES string of the molecule is CC/C=C\C/C=C\C/C=C\C/C=C\C/C=C\C/C=C\CCCCCCCCCCCCC(=O)OCC(COP(=O)(O)OCC(O)COP(=O)(O)OCC(O)COC(=O)CCCCCCCCCCCCCCCCCCC/C=C\C/C=C\C/C=C\C/C=C\CCCCC)OC(=O)CCCCCCCCCCCCCCC/C=C\C/C=C\C/C=C\C/C=C\CCCCC. The van der Waals surface area contributed by atoms with Crippen LogP contribution in [0.1, 0.15) is 445 Å². The minimum absolute atomic E-state index is 0.0983. The van der Waals surface area contributed by atoms with Gasteiger partial charge in [0.2, 0.25) is 0 Å². The number of aliphatic hydroxyl groups is 2. The Morgan fingerprint density at radius 2 is 0.417 bits per heavy atom. The number of carbonyl (C=O) groups is 3. The van der Waals surface area contributed by atoms with Gasteiger partial charge in [-0.1, -0.05) is 435 Å². The van der Waals surface area contributed by atoms with Crippen LogP contribution >= 0.6 is 15.6 Å². The van der Waals surface area contributed by atoms with Crippen LogP contribution in [-0.2, 0) is 55.8 Å². The monoisotopic (exact) mass is 1820 g/mol. The van der Waals surface area contributed by atoms with Gasteiger partial charge >= 0.3 is 33.6 Å². The third kappa shape index (κ3) is 101. The molecule has 0 aliphatic heterocycles. The lowest BCUT2D eigenvalue weighted by Gasteiger charge is -2.21. The summed E-state index contributed by atoms with van der Waals surface area (Å²) in [6.45, 7) is 2.58. The summed E-state index contributed by atoms with van der Waals surface area (Å²) in [5, 5.41) is 20.8. The zero-order chi connectivity index (χ0) is 92.1. The fraction of sp³-hybridized carbons (Fsp3) is 0.716. The molecule has 18 heteroatoms. The lowest BCUT2D eigenvalue weighted by atomic mass is 10.0. The first-order valence-corrected chi connectivity index (χ1v) is 54.4. The van der Waals surface area contributed by atoms with Crippen molar-refractivity contribution in [2.45, 2.75) is 463 Å². The van der Waals surface area contributed by atoms with Gasteiger partial charge in [0.25, 0.3) is 0 Å². The molecule has 0 heterocycles. The molecule has 0 aliphatic rings. The number of rotatable bonds is 97. The second-order valence-corrected chi connectivity index (χ2v) is 37.2. The van der Waals surface area contributed by atoms with E-state index in [-0.39, 0.29) is 19.3 Å². The zero-order valence-corrected chi connectivity index (χ0v) is 82.7. The number of allylic oxidation sites excluding steroid dienone is 28. The van der Waals surface area contributed by atoms with Gasteiger partial charge in [0.05, 0.1) is 26.4 Å². The zero-order valence-electron chi connectivity index (χ0n) is 80.9. The lowest BCUT2D eigenvalue weighted by Crippen LogP contribution is -2.30. The molecule has 0 saturated carbocycles. The van der Waals surface area contributed by atoms with Crippen LogP contribution in [0, 0.1) is 0 Å².